The SMILES string of the molecule is CCCC(c1cc(C(C)(C)C)c(N=C=O)cc1C)c1cc(C(C)(C)C)c(N=C=O)cc1C. The molecule has 2 aromatic rings. The highest BCUT2D eigenvalue weighted by atomic mass is 16.1. The van der Waals surface area contributed by atoms with Gasteiger partial charge in [-0.2, -0.15) is 9.98 Å². The Morgan fingerprint density at radius 1 is 0.750 bits per heavy atom. The summed E-state index contributed by atoms with van der Waals surface area (Å²) in [6.07, 6.45) is 5.44. The molecule has 0 spiro atoms. The molecule has 2 aromatic carbocycles. The van der Waals surface area contributed by atoms with E-state index in [0.29, 0.717) is 11.4 Å². The van der Waals surface area contributed by atoms with Crippen LogP contribution in [-0.4, -0.2) is 12.2 Å². The number of rotatable bonds is 6. The number of hydrogen-bond donors (Lipinski definition) is 0. The first kappa shape index (κ1) is 25.5. The summed E-state index contributed by atoms with van der Waals surface area (Å²) in [7, 11) is 0. The van der Waals surface area contributed by atoms with Crippen LogP contribution in [0.1, 0.15) is 101 Å². The average Bonchev–Trinajstić information content (AvgIpc) is 2.66. The number of nitrogens with zero attached hydrogens (tertiary/aromatic N) is 2. The summed E-state index contributed by atoms with van der Waals surface area (Å²) < 4.78 is 0. The Morgan fingerprint density at radius 3 is 1.41 bits per heavy atom. The minimum absolute atomic E-state index is 0.164. The lowest BCUT2D eigenvalue weighted by Crippen LogP contribution is -2.16. The molecule has 2 rings (SSSR count). The van der Waals surface area contributed by atoms with Crippen LogP contribution in [0.2, 0.25) is 0 Å². The van der Waals surface area contributed by atoms with Crippen LogP contribution in [0.4, 0.5) is 11.4 Å². The summed E-state index contributed by atoms with van der Waals surface area (Å²) in [5, 5.41) is 0. The highest BCUT2D eigenvalue weighted by molar-refractivity contribution is 5.63. The minimum Gasteiger partial charge on any atom is -0.211 e. The lowest BCUT2D eigenvalue weighted by atomic mass is 9.76. The third-order valence-electron chi connectivity index (χ3n) is 6.05. The van der Waals surface area contributed by atoms with Gasteiger partial charge >= 0.3 is 0 Å². The van der Waals surface area contributed by atoms with E-state index in [9.17, 15) is 9.59 Å². The van der Waals surface area contributed by atoms with Crippen LogP contribution in [0.5, 0.6) is 0 Å². The average molecular weight is 433 g/mol. The molecule has 0 fully saturated rings. The Bertz CT molecular complexity index is 1000. The lowest BCUT2D eigenvalue weighted by Gasteiger charge is -2.29. The highest BCUT2D eigenvalue weighted by Gasteiger charge is 2.27. The summed E-state index contributed by atoms with van der Waals surface area (Å²) in [5.74, 6) is 0.186. The Morgan fingerprint density at radius 2 is 1.12 bits per heavy atom. The van der Waals surface area contributed by atoms with Crippen LogP contribution < -0.4 is 0 Å². The molecule has 0 saturated heterocycles. The smallest absolute Gasteiger partial charge is 0.211 e. The Labute approximate surface area is 192 Å². The second kappa shape index (κ2) is 9.77. The van der Waals surface area contributed by atoms with Gasteiger partial charge in [-0.25, -0.2) is 9.59 Å². The number of isocyanates is 2. The fraction of sp³-hybridized carbons (Fsp3) is 0.500. The summed E-state index contributed by atoms with van der Waals surface area (Å²) in [6.45, 7) is 19.2. The molecule has 0 bridgehead atoms. The van der Waals surface area contributed by atoms with Crippen molar-refractivity contribution in [1.82, 2.24) is 0 Å². The van der Waals surface area contributed by atoms with Gasteiger partial charge in [-0.1, -0.05) is 67.0 Å². The molecule has 0 aliphatic rings. The van der Waals surface area contributed by atoms with Crippen molar-refractivity contribution in [2.75, 3.05) is 0 Å². The molecular formula is C28H36N2O2. The van der Waals surface area contributed by atoms with Crippen LogP contribution >= 0.6 is 0 Å². The molecule has 4 heteroatoms. The van der Waals surface area contributed by atoms with Crippen LogP contribution in [-0.2, 0) is 20.4 Å². The first-order valence-corrected chi connectivity index (χ1v) is 11.3. The molecule has 0 aliphatic heterocycles. The van der Waals surface area contributed by atoms with E-state index in [0.717, 1.165) is 35.1 Å². The van der Waals surface area contributed by atoms with Crippen LogP contribution in [0.15, 0.2) is 34.3 Å². The normalized spacial score (nSPS) is 12.7. The van der Waals surface area contributed by atoms with Crippen molar-refractivity contribution in [3.8, 4) is 0 Å². The summed E-state index contributed by atoms with van der Waals surface area (Å²) in [6, 6.07) is 8.46. The molecule has 0 atom stereocenters. The molecular weight excluding hydrogens is 396 g/mol. The van der Waals surface area contributed by atoms with Gasteiger partial charge in [-0.3, -0.25) is 0 Å². The van der Waals surface area contributed by atoms with Crippen molar-refractivity contribution < 1.29 is 9.59 Å². The fourth-order valence-corrected chi connectivity index (χ4v) is 4.42. The van der Waals surface area contributed by atoms with Gasteiger partial charge in [0.1, 0.15) is 0 Å². The molecule has 0 saturated carbocycles. The number of hydrogen-bond acceptors (Lipinski definition) is 4. The third kappa shape index (κ3) is 5.51. The Kier molecular flexibility index (Phi) is 7.78. The van der Waals surface area contributed by atoms with Gasteiger partial charge in [0, 0.05) is 5.92 Å². The highest BCUT2D eigenvalue weighted by Crippen LogP contribution is 2.42. The lowest BCUT2D eigenvalue weighted by molar-refractivity contribution is 0.563. The Balaban J connectivity index is 2.86. The second-order valence-electron chi connectivity index (χ2n) is 10.7. The molecule has 0 heterocycles. The van der Waals surface area contributed by atoms with Crippen molar-refractivity contribution >= 4 is 23.5 Å². The molecule has 0 unspecified atom stereocenters. The van der Waals surface area contributed by atoms with Crippen molar-refractivity contribution in [3.05, 3.63) is 57.6 Å². The van der Waals surface area contributed by atoms with E-state index in [1.165, 1.54) is 11.1 Å². The molecule has 0 aliphatic carbocycles. The number of aryl methyl sites for hydroxylation is 2. The maximum Gasteiger partial charge on any atom is 0.240 e. The molecule has 0 amide bonds. The maximum absolute atomic E-state index is 11.0. The Hall–Kier alpha value is -2.80. The van der Waals surface area contributed by atoms with E-state index in [4.69, 9.17) is 0 Å². The van der Waals surface area contributed by atoms with E-state index in [-0.39, 0.29) is 16.7 Å². The van der Waals surface area contributed by atoms with E-state index >= 15 is 0 Å². The zero-order chi connectivity index (χ0) is 24.3. The predicted octanol–water partition coefficient (Wildman–Crippen LogP) is 7.77. The molecule has 0 N–H and O–H groups in total. The van der Waals surface area contributed by atoms with Crippen LogP contribution in [0, 0.1) is 13.8 Å². The van der Waals surface area contributed by atoms with Crippen LogP contribution in [0.25, 0.3) is 0 Å². The van der Waals surface area contributed by atoms with Gasteiger partial charge < -0.3 is 0 Å². The fourth-order valence-electron chi connectivity index (χ4n) is 4.42. The molecule has 4 nitrogen and oxygen atoms in total. The van der Waals surface area contributed by atoms with Gasteiger partial charge in [-0.15, -0.1) is 0 Å². The first-order chi connectivity index (χ1) is 14.8. The van der Waals surface area contributed by atoms with E-state index in [2.05, 4.69) is 84.4 Å². The van der Waals surface area contributed by atoms with Gasteiger partial charge in [0.05, 0.1) is 11.4 Å². The van der Waals surface area contributed by atoms with Gasteiger partial charge in [0.15, 0.2) is 0 Å². The minimum atomic E-state index is -0.164. The second-order valence-corrected chi connectivity index (χ2v) is 10.7. The summed E-state index contributed by atoms with van der Waals surface area (Å²) >= 11 is 0. The first-order valence-electron chi connectivity index (χ1n) is 11.3. The molecule has 0 aromatic heterocycles. The van der Waals surface area contributed by atoms with Gasteiger partial charge in [0.2, 0.25) is 12.2 Å². The van der Waals surface area contributed by atoms with Gasteiger partial charge in [0.25, 0.3) is 0 Å². The largest absolute Gasteiger partial charge is 0.240 e. The molecule has 170 valence electrons. The zero-order valence-corrected chi connectivity index (χ0v) is 21.0. The van der Waals surface area contributed by atoms with Gasteiger partial charge in [-0.05, 0) is 76.6 Å². The standard InChI is InChI=1S/C28H36N2O2/c1-10-11-20(21-14-23(27(4,5)6)25(29-16-31)12-18(21)2)22-15-24(28(7,8)9)26(30-17-32)13-19(22)3/h12-15,20H,10-11H2,1-9H3. The number of carbonyl (C=O) groups excluding carboxylic acids is 2. The zero-order valence-electron chi connectivity index (χ0n) is 21.0. The maximum atomic E-state index is 11.0. The van der Waals surface area contributed by atoms with E-state index in [1.54, 1.807) is 12.2 Å². The van der Waals surface area contributed by atoms with Crippen molar-refractivity contribution in [3.63, 3.8) is 0 Å². The topological polar surface area (TPSA) is 58.9 Å². The number of benzene rings is 2. The van der Waals surface area contributed by atoms with Crippen LogP contribution in [0.3, 0.4) is 0 Å². The summed E-state index contributed by atoms with van der Waals surface area (Å²) in [4.78, 5) is 30.1. The van der Waals surface area contributed by atoms with Crippen molar-refractivity contribution in [2.45, 2.75) is 91.9 Å². The van der Waals surface area contributed by atoms with Crippen molar-refractivity contribution in [2.24, 2.45) is 9.98 Å². The van der Waals surface area contributed by atoms with E-state index in [1.807, 2.05) is 12.1 Å². The molecule has 32 heavy (non-hydrogen) atoms. The predicted molar refractivity (Wildman–Crippen MR) is 132 cm³/mol. The third-order valence-corrected chi connectivity index (χ3v) is 6.05. The van der Waals surface area contributed by atoms with Crippen molar-refractivity contribution in [1.29, 1.82) is 0 Å². The monoisotopic (exact) mass is 432 g/mol. The number of aliphatic imine (C=N–C) groups is 2. The summed E-state index contributed by atoms with van der Waals surface area (Å²) in [5.41, 5.74) is 7.84. The quantitative estimate of drug-likeness (QED) is 0.346. The molecule has 0 radical (unpaired) electrons. The van der Waals surface area contributed by atoms with E-state index < -0.39 is 0 Å².